The SMILES string of the molecule is CCN(CC)C(=O)CC(CN)N(C)Cc1csc(C)n1. The number of thiazole rings is 1. The Morgan fingerprint density at radius 1 is 1.45 bits per heavy atom. The molecule has 0 aliphatic carbocycles. The Kier molecular flexibility index (Phi) is 7.12. The van der Waals surface area contributed by atoms with Crippen LogP contribution in [-0.2, 0) is 11.3 Å². The van der Waals surface area contributed by atoms with E-state index in [1.54, 1.807) is 11.3 Å². The number of amides is 1. The van der Waals surface area contributed by atoms with Crippen molar-refractivity contribution in [2.24, 2.45) is 5.73 Å². The van der Waals surface area contributed by atoms with Crippen LogP contribution in [0.5, 0.6) is 0 Å². The first kappa shape index (κ1) is 17.1. The molecule has 1 unspecified atom stereocenters. The van der Waals surface area contributed by atoms with E-state index in [-0.39, 0.29) is 11.9 Å². The maximum atomic E-state index is 12.2. The molecule has 0 spiro atoms. The predicted molar refractivity (Wildman–Crippen MR) is 83.7 cm³/mol. The molecule has 0 saturated carbocycles. The molecule has 1 rings (SSSR count). The van der Waals surface area contributed by atoms with Crippen LogP contribution in [0.25, 0.3) is 0 Å². The second-order valence-electron chi connectivity index (χ2n) is 4.93. The Hall–Kier alpha value is -0.980. The number of likely N-dealkylation sites (N-methyl/N-ethyl adjacent to an activating group) is 1. The van der Waals surface area contributed by atoms with Gasteiger partial charge in [0, 0.05) is 44.0 Å². The third-order valence-electron chi connectivity index (χ3n) is 3.50. The molecule has 0 aliphatic heterocycles. The monoisotopic (exact) mass is 298 g/mol. The summed E-state index contributed by atoms with van der Waals surface area (Å²) in [6.07, 6.45) is 0.470. The van der Waals surface area contributed by atoms with Gasteiger partial charge in [0.2, 0.25) is 5.91 Å². The van der Waals surface area contributed by atoms with Crippen LogP contribution >= 0.6 is 11.3 Å². The minimum Gasteiger partial charge on any atom is -0.343 e. The molecular formula is C14H26N4OS. The average molecular weight is 298 g/mol. The normalized spacial score (nSPS) is 12.7. The summed E-state index contributed by atoms with van der Waals surface area (Å²) in [7, 11) is 2.00. The Morgan fingerprint density at radius 3 is 2.55 bits per heavy atom. The molecule has 1 aromatic rings. The Balaban J connectivity index is 2.58. The van der Waals surface area contributed by atoms with Gasteiger partial charge in [-0.1, -0.05) is 0 Å². The summed E-state index contributed by atoms with van der Waals surface area (Å²) in [4.78, 5) is 20.6. The van der Waals surface area contributed by atoms with E-state index < -0.39 is 0 Å². The van der Waals surface area contributed by atoms with Crippen LogP contribution in [0.15, 0.2) is 5.38 Å². The van der Waals surface area contributed by atoms with E-state index in [0.29, 0.717) is 13.0 Å². The molecule has 1 aromatic heterocycles. The smallest absolute Gasteiger partial charge is 0.224 e. The fourth-order valence-electron chi connectivity index (χ4n) is 2.19. The maximum absolute atomic E-state index is 12.2. The lowest BCUT2D eigenvalue weighted by molar-refractivity contribution is -0.132. The maximum Gasteiger partial charge on any atom is 0.224 e. The van der Waals surface area contributed by atoms with Crippen molar-refractivity contribution >= 4 is 17.2 Å². The number of hydrogen-bond donors (Lipinski definition) is 1. The zero-order chi connectivity index (χ0) is 15.1. The van der Waals surface area contributed by atoms with Gasteiger partial charge in [0.05, 0.1) is 10.7 Å². The molecule has 114 valence electrons. The summed E-state index contributed by atoms with van der Waals surface area (Å²) < 4.78 is 0. The molecule has 6 heteroatoms. The van der Waals surface area contributed by atoms with Gasteiger partial charge in [-0.15, -0.1) is 11.3 Å². The number of nitrogens with two attached hydrogens (primary N) is 1. The van der Waals surface area contributed by atoms with Gasteiger partial charge >= 0.3 is 0 Å². The van der Waals surface area contributed by atoms with Crippen molar-refractivity contribution in [2.45, 2.75) is 39.8 Å². The van der Waals surface area contributed by atoms with Crippen molar-refractivity contribution in [3.8, 4) is 0 Å². The van der Waals surface area contributed by atoms with E-state index >= 15 is 0 Å². The number of aromatic nitrogens is 1. The largest absolute Gasteiger partial charge is 0.343 e. The Bertz CT molecular complexity index is 417. The minimum atomic E-state index is 0.0603. The zero-order valence-electron chi connectivity index (χ0n) is 12.9. The standard InChI is InChI=1S/C14H26N4OS/c1-5-18(6-2)14(19)7-13(8-15)17(4)9-12-10-20-11(3)16-12/h10,13H,5-9,15H2,1-4H3. The second kappa shape index (κ2) is 8.34. The van der Waals surface area contributed by atoms with E-state index in [1.165, 1.54) is 0 Å². The molecule has 0 fully saturated rings. The molecule has 5 nitrogen and oxygen atoms in total. The molecule has 0 aromatic carbocycles. The number of hydrogen-bond acceptors (Lipinski definition) is 5. The van der Waals surface area contributed by atoms with Gasteiger partial charge in [-0.2, -0.15) is 0 Å². The van der Waals surface area contributed by atoms with Crippen LogP contribution < -0.4 is 5.73 Å². The van der Waals surface area contributed by atoms with Crippen LogP contribution in [0.3, 0.4) is 0 Å². The van der Waals surface area contributed by atoms with E-state index in [4.69, 9.17) is 5.73 Å². The molecule has 0 aliphatic rings. The van der Waals surface area contributed by atoms with Gasteiger partial charge in [0.15, 0.2) is 0 Å². The Labute approximate surface area is 125 Å². The van der Waals surface area contributed by atoms with E-state index in [2.05, 4.69) is 15.3 Å². The third-order valence-corrected chi connectivity index (χ3v) is 4.32. The van der Waals surface area contributed by atoms with Gasteiger partial charge in [-0.3, -0.25) is 9.69 Å². The van der Waals surface area contributed by atoms with E-state index in [9.17, 15) is 4.79 Å². The molecule has 2 N–H and O–H groups in total. The third kappa shape index (κ3) is 4.85. The molecule has 0 radical (unpaired) electrons. The van der Waals surface area contributed by atoms with Crippen LogP contribution in [0.1, 0.15) is 31.0 Å². The quantitative estimate of drug-likeness (QED) is 0.789. The molecule has 1 atom stereocenters. The minimum absolute atomic E-state index is 0.0603. The fourth-order valence-corrected chi connectivity index (χ4v) is 2.80. The summed E-state index contributed by atoms with van der Waals surface area (Å²) in [5.74, 6) is 0.173. The van der Waals surface area contributed by atoms with Crippen molar-refractivity contribution in [1.82, 2.24) is 14.8 Å². The van der Waals surface area contributed by atoms with Crippen LogP contribution in [0, 0.1) is 6.92 Å². The molecule has 0 bridgehead atoms. The predicted octanol–water partition coefficient (Wildman–Crippen LogP) is 1.47. The lowest BCUT2D eigenvalue weighted by Crippen LogP contribution is -2.42. The van der Waals surface area contributed by atoms with Crippen molar-refractivity contribution in [1.29, 1.82) is 0 Å². The van der Waals surface area contributed by atoms with Crippen LogP contribution in [-0.4, -0.2) is 53.4 Å². The highest BCUT2D eigenvalue weighted by Crippen LogP contribution is 2.13. The lowest BCUT2D eigenvalue weighted by atomic mass is 10.1. The highest BCUT2D eigenvalue weighted by molar-refractivity contribution is 7.09. The summed E-state index contributed by atoms with van der Waals surface area (Å²) in [5.41, 5.74) is 6.88. The van der Waals surface area contributed by atoms with Crippen LogP contribution in [0.4, 0.5) is 0 Å². The molecule has 1 heterocycles. The van der Waals surface area contributed by atoms with Gasteiger partial charge in [0.25, 0.3) is 0 Å². The molecule has 20 heavy (non-hydrogen) atoms. The fraction of sp³-hybridized carbons (Fsp3) is 0.714. The summed E-state index contributed by atoms with van der Waals surface area (Å²) in [6, 6.07) is 0.0603. The first-order valence-electron chi connectivity index (χ1n) is 7.10. The van der Waals surface area contributed by atoms with E-state index in [1.807, 2.05) is 32.7 Å². The lowest BCUT2D eigenvalue weighted by Gasteiger charge is -2.28. The number of carbonyl (C=O) groups excluding carboxylic acids is 1. The van der Waals surface area contributed by atoms with Gasteiger partial charge in [-0.25, -0.2) is 4.98 Å². The first-order chi connectivity index (χ1) is 9.51. The van der Waals surface area contributed by atoms with E-state index in [0.717, 1.165) is 30.3 Å². The first-order valence-corrected chi connectivity index (χ1v) is 7.98. The van der Waals surface area contributed by atoms with Gasteiger partial charge in [0.1, 0.15) is 0 Å². The molecule has 1 amide bonds. The highest BCUT2D eigenvalue weighted by Gasteiger charge is 2.20. The number of aryl methyl sites for hydroxylation is 1. The summed E-state index contributed by atoms with van der Waals surface area (Å²) in [6.45, 7) is 8.72. The highest BCUT2D eigenvalue weighted by atomic mass is 32.1. The number of carbonyl (C=O) groups is 1. The number of rotatable bonds is 8. The average Bonchev–Trinajstić information content (AvgIpc) is 2.82. The summed E-state index contributed by atoms with van der Waals surface area (Å²) >= 11 is 1.65. The topological polar surface area (TPSA) is 62.5 Å². The second-order valence-corrected chi connectivity index (χ2v) is 5.99. The van der Waals surface area contributed by atoms with Crippen LogP contribution in [0.2, 0.25) is 0 Å². The van der Waals surface area contributed by atoms with Gasteiger partial charge < -0.3 is 10.6 Å². The van der Waals surface area contributed by atoms with Crippen molar-refractivity contribution in [3.63, 3.8) is 0 Å². The Morgan fingerprint density at radius 2 is 2.10 bits per heavy atom. The van der Waals surface area contributed by atoms with Crippen molar-refractivity contribution < 1.29 is 4.79 Å². The number of nitrogens with zero attached hydrogens (tertiary/aromatic N) is 3. The molecule has 0 saturated heterocycles. The van der Waals surface area contributed by atoms with Crippen molar-refractivity contribution in [2.75, 3.05) is 26.7 Å². The van der Waals surface area contributed by atoms with Crippen molar-refractivity contribution in [3.05, 3.63) is 16.1 Å². The summed E-state index contributed by atoms with van der Waals surface area (Å²) in [5, 5.41) is 3.13. The zero-order valence-corrected chi connectivity index (χ0v) is 13.7. The van der Waals surface area contributed by atoms with Gasteiger partial charge in [-0.05, 0) is 27.8 Å². The molecular weight excluding hydrogens is 272 g/mol.